The van der Waals surface area contributed by atoms with Gasteiger partial charge in [-0.05, 0) is 37.1 Å². The van der Waals surface area contributed by atoms with E-state index < -0.39 is 11.7 Å². The summed E-state index contributed by atoms with van der Waals surface area (Å²) in [5.41, 5.74) is 1.69. The first kappa shape index (κ1) is 24.4. The van der Waals surface area contributed by atoms with Crippen LogP contribution in [0.1, 0.15) is 27.9 Å². The fraction of sp³-hybridized carbons (Fsp3) is 0.269. The van der Waals surface area contributed by atoms with E-state index in [0.717, 1.165) is 11.6 Å². The summed E-state index contributed by atoms with van der Waals surface area (Å²) in [5, 5.41) is 8.34. The number of carbonyl (C=O) groups is 1. The van der Waals surface area contributed by atoms with Gasteiger partial charge in [-0.3, -0.25) is 4.79 Å². The van der Waals surface area contributed by atoms with Gasteiger partial charge in [0.25, 0.3) is 5.91 Å². The summed E-state index contributed by atoms with van der Waals surface area (Å²) in [6.07, 6.45) is 2.17. The molecule has 37 heavy (non-hydrogen) atoms. The molecule has 5 rings (SSSR count). The number of amides is 1. The number of benzene rings is 2. The summed E-state index contributed by atoms with van der Waals surface area (Å²) in [6, 6.07) is 11.0. The fourth-order valence-electron chi connectivity index (χ4n) is 4.43. The molecule has 1 saturated heterocycles. The lowest BCUT2D eigenvalue weighted by molar-refractivity contribution is -0.137. The standard InChI is InChI=1S/C26H24F3N7O/c1-18-7-8-23(36-32-9-10-33-36)21(15-18)24(37)34-11-4-12-35(14-13-34)25-30-16-19(17-31-25)20-5-2-3-6-22(20)26(27,28)29/h2-3,5-10,15-17H,4,11-14H2,1H3. The highest BCUT2D eigenvalue weighted by Gasteiger charge is 2.33. The second-order valence-electron chi connectivity index (χ2n) is 8.79. The summed E-state index contributed by atoms with van der Waals surface area (Å²) in [4.78, 5) is 27.4. The minimum atomic E-state index is -4.47. The van der Waals surface area contributed by atoms with Gasteiger partial charge in [0.05, 0.1) is 29.2 Å². The normalized spacial score (nSPS) is 14.5. The molecule has 190 valence electrons. The van der Waals surface area contributed by atoms with Gasteiger partial charge in [0.2, 0.25) is 5.95 Å². The van der Waals surface area contributed by atoms with Crippen molar-refractivity contribution < 1.29 is 18.0 Å². The van der Waals surface area contributed by atoms with Crippen LogP contribution in [0.5, 0.6) is 0 Å². The van der Waals surface area contributed by atoms with Gasteiger partial charge in [0.1, 0.15) is 0 Å². The van der Waals surface area contributed by atoms with Crippen molar-refractivity contribution in [2.24, 2.45) is 0 Å². The maximum Gasteiger partial charge on any atom is 0.417 e. The van der Waals surface area contributed by atoms with Gasteiger partial charge in [0, 0.05) is 44.1 Å². The predicted octanol–water partition coefficient (Wildman–Crippen LogP) is 4.40. The lowest BCUT2D eigenvalue weighted by Crippen LogP contribution is -2.36. The van der Waals surface area contributed by atoms with Crippen molar-refractivity contribution in [1.29, 1.82) is 0 Å². The van der Waals surface area contributed by atoms with E-state index in [2.05, 4.69) is 20.2 Å². The first-order chi connectivity index (χ1) is 17.8. The zero-order chi connectivity index (χ0) is 26.0. The van der Waals surface area contributed by atoms with Gasteiger partial charge in [-0.25, -0.2) is 9.97 Å². The second-order valence-corrected chi connectivity index (χ2v) is 8.79. The Labute approximate surface area is 211 Å². The number of hydrogen-bond acceptors (Lipinski definition) is 6. The SMILES string of the molecule is Cc1ccc(-n2nccn2)c(C(=O)N2CCCN(c3ncc(-c4ccccc4C(F)(F)F)cn3)CC2)c1. The third kappa shape index (κ3) is 5.16. The average molecular weight is 508 g/mol. The smallest absolute Gasteiger partial charge is 0.339 e. The molecule has 11 heteroatoms. The number of aromatic nitrogens is 5. The molecule has 0 radical (unpaired) electrons. The van der Waals surface area contributed by atoms with E-state index in [1.165, 1.54) is 29.3 Å². The molecular formula is C26H24F3N7O. The molecule has 0 bridgehead atoms. The molecule has 0 spiro atoms. The van der Waals surface area contributed by atoms with Crippen LogP contribution in [-0.2, 0) is 6.18 Å². The van der Waals surface area contributed by atoms with Crippen molar-refractivity contribution in [1.82, 2.24) is 29.9 Å². The summed E-state index contributed by atoms with van der Waals surface area (Å²) < 4.78 is 40.2. The molecule has 1 aliphatic heterocycles. The highest BCUT2D eigenvalue weighted by atomic mass is 19.4. The van der Waals surface area contributed by atoms with E-state index >= 15 is 0 Å². The van der Waals surface area contributed by atoms with Crippen molar-refractivity contribution in [2.75, 3.05) is 31.1 Å². The number of alkyl halides is 3. The Bertz CT molecular complexity index is 1390. The van der Waals surface area contributed by atoms with E-state index in [1.807, 2.05) is 30.0 Å². The number of rotatable bonds is 4. The van der Waals surface area contributed by atoms with Crippen LogP contribution in [0.15, 0.2) is 67.3 Å². The quantitative estimate of drug-likeness (QED) is 0.407. The molecule has 1 amide bonds. The molecule has 3 heterocycles. The van der Waals surface area contributed by atoms with Gasteiger partial charge in [-0.2, -0.15) is 28.2 Å². The molecule has 1 aliphatic rings. The largest absolute Gasteiger partial charge is 0.417 e. The predicted molar refractivity (Wildman–Crippen MR) is 131 cm³/mol. The van der Waals surface area contributed by atoms with E-state index in [0.29, 0.717) is 55.4 Å². The summed E-state index contributed by atoms with van der Waals surface area (Å²) in [7, 11) is 0. The molecule has 0 saturated carbocycles. The number of halogens is 3. The highest BCUT2D eigenvalue weighted by Crippen LogP contribution is 2.36. The number of nitrogens with zero attached hydrogens (tertiary/aromatic N) is 7. The van der Waals surface area contributed by atoms with Gasteiger partial charge in [-0.1, -0.05) is 29.8 Å². The number of anilines is 1. The van der Waals surface area contributed by atoms with Crippen LogP contribution in [-0.4, -0.2) is 61.9 Å². The fourth-order valence-corrected chi connectivity index (χ4v) is 4.43. The van der Waals surface area contributed by atoms with Gasteiger partial charge < -0.3 is 9.80 Å². The van der Waals surface area contributed by atoms with Crippen LogP contribution in [0.25, 0.3) is 16.8 Å². The third-order valence-electron chi connectivity index (χ3n) is 6.26. The topological polar surface area (TPSA) is 80.0 Å². The molecule has 8 nitrogen and oxygen atoms in total. The Kier molecular flexibility index (Phi) is 6.60. The van der Waals surface area contributed by atoms with E-state index in [-0.39, 0.29) is 11.5 Å². The number of hydrogen-bond donors (Lipinski definition) is 0. The van der Waals surface area contributed by atoms with Crippen LogP contribution in [0.2, 0.25) is 0 Å². The minimum absolute atomic E-state index is 0.0369. The first-order valence-corrected chi connectivity index (χ1v) is 11.8. The minimum Gasteiger partial charge on any atom is -0.339 e. The maximum absolute atomic E-state index is 13.5. The average Bonchev–Trinajstić information content (AvgIpc) is 3.32. The summed E-state index contributed by atoms with van der Waals surface area (Å²) in [5.74, 6) is 0.303. The van der Waals surface area contributed by atoms with Crippen LogP contribution >= 0.6 is 0 Å². The Balaban J connectivity index is 1.32. The highest BCUT2D eigenvalue weighted by molar-refractivity contribution is 5.98. The number of aryl methyl sites for hydroxylation is 1. The maximum atomic E-state index is 13.5. The molecule has 0 aliphatic carbocycles. The van der Waals surface area contributed by atoms with E-state index in [1.54, 1.807) is 23.4 Å². The Morgan fingerprint density at radius 2 is 1.65 bits per heavy atom. The molecule has 4 aromatic rings. The molecule has 0 N–H and O–H groups in total. The van der Waals surface area contributed by atoms with Crippen LogP contribution in [0.3, 0.4) is 0 Å². The van der Waals surface area contributed by atoms with Crippen LogP contribution in [0, 0.1) is 6.92 Å². The lowest BCUT2D eigenvalue weighted by atomic mass is 10.0. The Morgan fingerprint density at radius 3 is 2.38 bits per heavy atom. The van der Waals surface area contributed by atoms with E-state index in [9.17, 15) is 18.0 Å². The van der Waals surface area contributed by atoms with Crippen molar-refractivity contribution in [3.63, 3.8) is 0 Å². The monoisotopic (exact) mass is 507 g/mol. The molecular weight excluding hydrogens is 483 g/mol. The molecule has 2 aromatic heterocycles. The van der Waals surface area contributed by atoms with Crippen molar-refractivity contribution in [2.45, 2.75) is 19.5 Å². The zero-order valence-corrected chi connectivity index (χ0v) is 20.1. The summed E-state index contributed by atoms with van der Waals surface area (Å²) >= 11 is 0. The van der Waals surface area contributed by atoms with Crippen molar-refractivity contribution in [3.8, 4) is 16.8 Å². The molecule has 0 unspecified atom stereocenters. The number of carbonyl (C=O) groups excluding carboxylic acids is 1. The summed E-state index contributed by atoms with van der Waals surface area (Å²) in [6.45, 7) is 4.03. The van der Waals surface area contributed by atoms with Gasteiger partial charge in [-0.15, -0.1) is 0 Å². The van der Waals surface area contributed by atoms with Crippen molar-refractivity contribution >= 4 is 11.9 Å². The first-order valence-electron chi connectivity index (χ1n) is 11.8. The van der Waals surface area contributed by atoms with Gasteiger partial charge in [0.15, 0.2) is 0 Å². The third-order valence-corrected chi connectivity index (χ3v) is 6.26. The Morgan fingerprint density at radius 1 is 0.919 bits per heavy atom. The molecule has 2 aromatic carbocycles. The van der Waals surface area contributed by atoms with Crippen LogP contribution < -0.4 is 4.90 Å². The molecule has 0 atom stereocenters. The Hall–Kier alpha value is -4.28. The van der Waals surface area contributed by atoms with E-state index in [4.69, 9.17) is 0 Å². The van der Waals surface area contributed by atoms with Crippen LogP contribution in [0.4, 0.5) is 19.1 Å². The molecule has 1 fully saturated rings. The van der Waals surface area contributed by atoms with Gasteiger partial charge >= 0.3 is 6.18 Å². The zero-order valence-electron chi connectivity index (χ0n) is 20.1. The van der Waals surface area contributed by atoms with Crippen molar-refractivity contribution in [3.05, 3.63) is 83.9 Å². The lowest BCUT2D eigenvalue weighted by Gasteiger charge is -2.23. The second kappa shape index (κ2) is 10.00.